The number of hydrogen-bond donors (Lipinski definition) is 7. The molecular weight excluding hydrogens is 1250 g/mol. The molecule has 1 fully saturated rings. The Balaban J connectivity index is 0.944. The number of aromatic nitrogens is 3. The zero-order valence-corrected chi connectivity index (χ0v) is 53.1. The van der Waals surface area contributed by atoms with Crippen LogP contribution in [0.15, 0.2) is 48.9 Å². The second-order valence-corrected chi connectivity index (χ2v) is 27.7. The summed E-state index contributed by atoms with van der Waals surface area (Å²) in [4.78, 5) is 77.5. The highest BCUT2D eigenvalue weighted by Crippen LogP contribution is 2.66. The molecule has 2 amide bonds. The molecule has 0 saturated carbocycles. The van der Waals surface area contributed by atoms with Crippen LogP contribution in [-0.4, -0.2) is 119 Å². The number of hydrogen-bond acceptors (Lipinski definition) is 15. The quantitative estimate of drug-likeness (QED) is 0.0148. The number of aliphatic hydroxyl groups is 1. The van der Waals surface area contributed by atoms with E-state index in [0.29, 0.717) is 38.8 Å². The van der Waals surface area contributed by atoms with Gasteiger partial charge >= 0.3 is 23.5 Å². The first kappa shape index (κ1) is 64.3. The molecule has 2 unspecified atom stereocenters. The summed E-state index contributed by atoms with van der Waals surface area (Å²) < 4.78 is 63.9. The number of anilines is 2. The second kappa shape index (κ2) is 24.1. The Hall–Kier alpha value is -5.18. The summed E-state index contributed by atoms with van der Waals surface area (Å²) in [5.74, 6) is 6.02. The molecular formula is C55H62Cl4N8O15P3+. The summed E-state index contributed by atoms with van der Waals surface area (Å²) in [6.45, 7) is 17.5. The van der Waals surface area contributed by atoms with Crippen molar-refractivity contribution in [3.63, 3.8) is 0 Å². The molecule has 5 aromatic rings. The first-order valence-electron chi connectivity index (χ1n) is 26.6. The van der Waals surface area contributed by atoms with Gasteiger partial charge in [0.1, 0.15) is 48.2 Å². The van der Waals surface area contributed by atoms with Crippen molar-refractivity contribution in [3.8, 4) is 23.3 Å². The minimum Gasteiger partial charge on any atom is -0.456 e. The molecule has 0 aliphatic carbocycles. The molecule has 85 heavy (non-hydrogen) atoms. The lowest BCUT2D eigenvalue weighted by atomic mass is 9.83. The van der Waals surface area contributed by atoms with Crippen LogP contribution in [0.25, 0.3) is 27.8 Å². The van der Waals surface area contributed by atoms with Gasteiger partial charge in [0, 0.05) is 97.8 Å². The van der Waals surface area contributed by atoms with Crippen molar-refractivity contribution in [3.05, 3.63) is 113 Å². The number of aliphatic hydroxyl groups excluding tert-OH is 1. The number of phosphoric ester groups is 1. The Morgan fingerprint density at radius 1 is 0.918 bits per heavy atom. The predicted octanol–water partition coefficient (Wildman–Crippen LogP) is 8.72. The van der Waals surface area contributed by atoms with Crippen molar-refractivity contribution in [1.82, 2.24) is 29.3 Å². The smallest absolute Gasteiger partial charge is 0.456 e. The summed E-state index contributed by atoms with van der Waals surface area (Å²) in [6, 6.07) is 8.23. The third-order valence-corrected chi connectivity index (χ3v) is 20.7. The third-order valence-electron chi connectivity index (χ3n) is 15.1. The largest absolute Gasteiger partial charge is 0.490 e. The van der Waals surface area contributed by atoms with Gasteiger partial charge in [-0.05, 0) is 77.3 Å². The number of likely N-dealkylation sites (N-methyl/N-ethyl adjacent to an activating group) is 2. The third kappa shape index (κ3) is 12.9. The van der Waals surface area contributed by atoms with E-state index >= 15 is 4.79 Å². The van der Waals surface area contributed by atoms with Gasteiger partial charge < -0.3 is 59.6 Å². The molecule has 2 aromatic heterocycles. The molecule has 8 N–H and O–H groups in total. The van der Waals surface area contributed by atoms with Gasteiger partial charge in [-0.3, -0.25) is 14.1 Å². The van der Waals surface area contributed by atoms with Crippen molar-refractivity contribution in [1.29, 1.82) is 0 Å². The first-order valence-corrected chi connectivity index (χ1v) is 32.7. The minimum absolute atomic E-state index is 0.00786. The van der Waals surface area contributed by atoms with Gasteiger partial charge in [-0.25, -0.2) is 28.2 Å². The van der Waals surface area contributed by atoms with Crippen molar-refractivity contribution in [2.24, 2.45) is 0 Å². The number of nitrogen functional groups attached to an aromatic ring is 1. The van der Waals surface area contributed by atoms with Gasteiger partial charge in [-0.2, -0.15) is 8.62 Å². The van der Waals surface area contributed by atoms with Gasteiger partial charge in [0.25, 0.3) is 5.91 Å². The van der Waals surface area contributed by atoms with Crippen molar-refractivity contribution in [2.45, 2.75) is 104 Å². The van der Waals surface area contributed by atoms with E-state index in [1.165, 1.54) is 22.0 Å². The number of halogens is 4. The van der Waals surface area contributed by atoms with Crippen LogP contribution in [-0.2, 0) is 36.4 Å². The fourth-order valence-corrected chi connectivity index (χ4v) is 15.7. The van der Waals surface area contributed by atoms with Crippen LogP contribution in [0.3, 0.4) is 0 Å². The maximum absolute atomic E-state index is 15.1. The Morgan fingerprint density at radius 2 is 1.61 bits per heavy atom. The Kier molecular flexibility index (Phi) is 18.2. The maximum Gasteiger partial charge on any atom is 0.490 e. The first-order chi connectivity index (χ1) is 39.7. The number of ether oxygens (including phenoxy) is 2. The minimum atomic E-state index is -5.79. The molecule has 1 saturated heterocycles. The molecule has 6 heterocycles. The average molecular weight is 1310 g/mol. The van der Waals surface area contributed by atoms with Gasteiger partial charge in [-0.15, -0.1) is 0 Å². The lowest BCUT2D eigenvalue weighted by Gasteiger charge is -2.43. The average Bonchev–Trinajstić information content (AvgIpc) is 1.53. The normalized spacial score (nSPS) is 19.9. The highest BCUT2D eigenvalue weighted by Gasteiger charge is 2.44. The van der Waals surface area contributed by atoms with Gasteiger partial charge in [0.15, 0.2) is 5.54 Å². The number of phosphoric acid groups is 3. The van der Waals surface area contributed by atoms with E-state index in [1.54, 1.807) is 7.05 Å². The van der Waals surface area contributed by atoms with Crippen LogP contribution in [0, 0.1) is 11.8 Å². The Labute approximate surface area is 509 Å². The van der Waals surface area contributed by atoms with Crippen LogP contribution < -0.4 is 35.8 Å². The number of allylic oxidation sites excluding steroid dienone is 2. The zero-order chi connectivity index (χ0) is 62.2. The molecule has 4 aliphatic heterocycles. The number of nitrogens with one attached hydrogen (secondary N) is 1. The van der Waals surface area contributed by atoms with E-state index in [9.17, 15) is 33.4 Å². The molecule has 23 nitrogen and oxygen atoms in total. The van der Waals surface area contributed by atoms with E-state index in [4.69, 9.17) is 71.4 Å². The van der Waals surface area contributed by atoms with Gasteiger partial charge in [0.2, 0.25) is 11.3 Å². The van der Waals surface area contributed by atoms with Crippen LogP contribution in [0.4, 0.5) is 11.5 Å². The van der Waals surface area contributed by atoms with Crippen molar-refractivity contribution in [2.75, 3.05) is 50.5 Å². The zero-order valence-electron chi connectivity index (χ0n) is 47.4. The lowest BCUT2D eigenvalue weighted by molar-refractivity contribution is -0.121. The van der Waals surface area contributed by atoms with Crippen LogP contribution in [0.1, 0.15) is 119 Å². The molecule has 0 bridgehead atoms. The molecule has 454 valence electrons. The SMILES string of the molecule is CCN1c2cc3c(cc2C(C)=CC1(C)C)C(c1c(Cl)c(Cl)c(Cl)c(Cl)c1C(=O)N(C)CCCC(=O)NCC#Cc1cn([C@H]2C[C@H](O)[C@@H](COP(=O)(O)OP(=O)(O)OP(=O)(O)O)O2)c2ncnc(N)c12)=c1cc2c(cc1O3)=[N+](CC)C(C)(C)C=C2C. The number of carbonyl (C=O) groups excluding carboxylic acids is 2. The van der Waals surface area contributed by atoms with E-state index in [0.717, 1.165) is 46.4 Å². The number of nitrogens with two attached hydrogens (primary N) is 1. The van der Waals surface area contributed by atoms with Crippen LogP contribution in [0.2, 0.25) is 20.1 Å². The number of fused-ring (bicyclic) bond motifs is 5. The molecule has 5 atom stereocenters. The van der Waals surface area contributed by atoms with Crippen LogP contribution >= 0.6 is 69.9 Å². The summed E-state index contributed by atoms with van der Waals surface area (Å²) >= 11 is 28.4. The van der Waals surface area contributed by atoms with E-state index < -0.39 is 54.4 Å². The van der Waals surface area contributed by atoms with E-state index in [2.05, 4.69) is 129 Å². The summed E-state index contributed by atoms with van der Waals surface area (Å²) in [5, 5.41) is 15.2. The highest BCUT2D eigenvalue weighted by atomic mass is 35.5. The maximum atomic E-state index is 15.1. The van der Waals surface area contributed by atoms with Crippen LogP contribution in [0.5, 0.6) is 11.5 Å². The molecule has 4 aliphatic rings. The molecule has 30 heteroatoms. The van der Waals surface area contributed by atoms with Crippen molar-refractivity contribution >= 4 is 121 Å². The Bertz CT molecular complexity index is 4060. The number of amides is 2. The number of rotatable bonds is 17. The summed E-state index contributed by atoms with van der Waals surface area (Å²) in [7, 11) is -15.3. The van der Waals surface area contributed by atoms with Gasteiger partial charge in [0.05, 0.1) is 67.5 Å². The van der Waals surface area contributed by atoms with Gasteiger partial charge in [-0.1, -0.05) is 64.3 Å². The van der Waals surface area contributed by atoms with Crippen molar-refractivity contribution < 1.29 is 70.6 Å². The lowest BCUT2D eigenvalue weighted by Crippen LogP contribution is -2.49. The fraction of sp³-hybridized carbons (Fsp3) is 0.400. The standard InChI is InChI=1S/C55H61Cl4N8O15P3/c1-10-66-35-20-38-33(18-31(35)28(3)23-54(66,5)6)44(34-19-32-29(4)24-55(7,8)67(11-2)36(32)21-39(34)79-38)45-46(48(57)50(59)49(58)47(45)56)53(70)64(9)17-13-15-41(69)61-16-12-14-30-25-65(52-43(30)51(60)62-27-63-52)42-22-37(68)40(80-42)26-78-84(74,75)82-85(76,77)81-83(71,72)73/h18-21,23-25,27,37,40,42,68H,10-11,13,15-17,22,26H2,1-9H3,(H6-,60,61,62,63,69,71,72,73,74,75,76,77)/p+1/t37-,40+,42+/m0/s1. The summed E-state index contributed by atoms with van der Waals surface area (Å²) in [5.41, 5.74) is 12.7. The molecule has 3 aromatic carbocycles. The summed E-state index contributed by atoms with van der Waals surface area (Å²) in [6.07, 6.45) is 3.51. The number of carbonyl (C=O) groups is 2. The molecule has 0 spiro atoms. The number of nitrogens with zero attached hydrogens (tertiary/aromatic N) is 6. The second-order valence-electron chi connectivity index (χ2n) is 21.8. The van der Waals surface area contributed by atoms with E-state index in [-0.39, 0.29) is 92.0 Å². The predicted molar refractivity (Wildman–Crippen MR) is 323 cm³/mol. The fourth-order valence-electron chi connectivity index (χ4n) is 11.6. The van der Waals surface area contributed by atoms with E-state index in [1.807, 2.05) is 12.1 Å². The Morgan fingerprint density at radius 3 is 2.29 bits per heavy atom. The highest BCUT2D eigenvalue weighted by molar-refractivity contribution is 7.66. The molecule has 0 radical (unpaired) electrons. The topological polar surface area (TPSA) is 311 Å². The molecule has 9 rings (SSSR count). The number of benzene rings is 3. The monoisotopic (exact) mass is 1310 g/mol.